The number of para-hydroxylation sites is 1. The molecule has 4 aromatic rings. The molecule has 35 heavy (non-hydrogen) atoms. The molecule has 0 spiro atoms. The van der Waals surface area contributed by atoms with Gasteiger partial charge in [0.05, 0.1) is 12.3 Å². The van der Waals surface area contributed by atoms with E-state index in [1.807, 2.05) is 56.3 Å². The van der Waals surface area contributed by atoms with Crippen LogP contribution in [0.2, 0.25) is 0 Å². The van der Waals surface area contributed by atoms with Crippen molar-refractivity contribution in [2.75, 3.05) is 19.7 Å². The number of rotatable bonds is 12. The zero-order valence-electron chi connectivity index (χ0n) is 20.9. The normalized spacial score (nSPS) is 11.1. The van der Waals surface area contributed by atoms with Gasteiger partial charge in [-0.2, -0.15) is 0 Å². The minimum atomic E-state index is 0.588. The quantitative estimate of drug-likeness (QED) is 0.229. The van der Waals surface area contributed by atoms with Crippen molar-refractivity contribution in [2.45, 2.75) is 40.2 Å². The van der Waals surface area contributed by atoms with E-state index in [0.29, 0.717) is 12.5 Å². The topological polar surface area (TPSA) is 47.7 Å². The number of hydrogen-bond acceptors (Lipinski definition) is 5. The Hall–Kier alpha value is -3.57. The van der Waals surface area contributed by atoms with E-state index in [9.17, 15) is 0 Å². The lowest BCUT2D eigenvalue weighted by atomic mass is 10.1. The summed E-state index contributed by atoms with van der Waals surface area (Å²) < 4.78 is 17.3. The monoisotopic (exact) mass is 470 g/mol. The molecule has 1 heterocycles. The fourth-order valence-electron chi connectivity index (χ4n) is 4.00. The van der Waals surface area contributed by atoms with Crippen molar-refractivity contribution in [3.05, 3.63) is 107 Å². The first kappa shape index (κ1) is 24.6. The molecule has 3 aromatic carbocycles. The van der Waals surface area contributed by atoms with Crippen molar-refractivity contribution in [3.8, 4) is 17.2 Å². The fraction of sp³-hybridized carbons (Fsp3) is 0.300. The van der Waals surface area contributed by atoms with Gasteiger partial charge in [0, 0.05) is 26.4 Å². The van der Waals surface area contributed by atoms with Crippen LogP contribution < -0.4 is 9.47 Å². The Morgan fingerprint density at radius 3 is 2.09 bits per heavy atom. The molecule has 0 fully saturated rings. The second kappa shape index (κ2) is 12.2. The maximum atomic E-state index is 5.90. The number of ether oxygens (including phenoxy) is 2. The highest BCUT2D eigenvalue weighted by Crippen LogP contribution is 2.22. The lowest BCUT2D eigenvalue weighted by Gasteiger charge is -2.20. The average Bonchev–Trinajstić information content (AvgIpc) is 3.20. The summed E-state index contributed by atoms with van der Waals surface area (Å²) in [6.45, 7) is 9.54. The maximum Gasteiger partial charge on any atom is 0.191 e. The van der Waals surface area contributed by atoms with Crippen LogP contribution in [-0.4, -0.2) is 29.6 Å². The summed E-state index contributed by atoms with van der Waals surface area (Å²) in [5, 5.41) is 0. The lowest BCUT2D eigenvalue weighted by Crippen LogP contribution is -2.25. The highest BCUT2D eigenvalue weighted by molar-refractivity contribution is 5.33. The van der Waals surface area contributed by atoms with Gasteiger partial charge in [-0.3, -0.25) is 4.90 Å². The van der Waals surface area contributed by atoms with Crippen LogP contribution in [-0.2, 0) is 19.4 Å². The first-order valence-electron chi connectivity index (χ1n) is 12.3. The van der Waals surface area contributed by atoms with Crippen molar-refractivity contribution in [1.29, 1.82) is 0 Å². The second-order valence-electron chi connectivity index (χ2n) is 8.66. The van der Waals surface area contributed by atoms with Gasteiger partial charge in [-0.15, -0.1) is 0 Å². The third kappa shape index (κ3) is 7.46. The van der Waals surface area contributed by atoms with Crippen LogP contribution in [0.4, 0.5) is 0 Å². The zero-order valence-corrected chi connectivity index (χ0v) is 20.9. The van der Waals surface area contributed by atoms with Crippen LogP contribution >= 0.6 is 0 Å². The van der Waals surface area contributed by atoms with Crippen molar-refractivity contribution in [1.82, 2.24) is 9.88 Å². The molecule has 0 saturated carbocycles. The molecule has 0 aliphatic rings. The highest BCUT2D eigenvalue weighted by Gasteiger charge is 2.08. The molecule has 0 atom stereocenters. The lowest BCUT2D eigenvalue weighted by molar-refractivity contribution is 0.283. The van der Waals surface area contributed by atoms with E-state index in [2.05, 4.69) is 53.2 Å². The Morgan fingerprint density at radius 1 is 0.771 bits per heavy atom. The van der Waals surface area contributed by atoms with Gasteiger partial charge < -0.3 is 13.9 Å². The molecule has 5 nitrogen and oxygen atoms in total. The summed E-state index contributed by atoms with van der Waals surface area (Å²) in [5.74, 6) is 4.18. The van der Waals surface area contributed by atoms with Gasteiger partial charge in [0.1, 0.15) is 23.0 Å². The Morgan fingerprint density at radius 2 is 1.43 bits per heavy atom. The van der Waals surface area contributed by atoms with Gasteiger partial charge in [0.25, 0.3) is 0 Å². The largest absolute Gasteiger partial charge is 0.493 e. The standard InChI is InChI=1S/C30H34N2O3/c1-4-32(22-26-12-16-29(17-13-26)35-28-8-6-5-7-9-28)20-18-25-10-14-27(15-11-25)33-21-19-30-23(2)34-24(3)31-30/h5-17H,4,18-22H2,1-3H3. The number of likely N-dealkylation sites (N-methyl/N-ethyl adjacent to an activating group) is 1. The van der Waals surface area contributed by atoms with Gasteiger partial charge in [-0.05, 0) is 67.4 Å². The number of hydrogen-bond donors (Lipinski definition) is 0. The van der Waals surface area contributed by atoms with Gasteiger partial charge >= 0.3 is 0 Å². The van der Waals surface area contributed by atoms with Crippen LogP contribution in [0.25, 0.3) is 0 Å². The van der Waals surface area contributed by atoms with Gasteiger partial charge in [-0.25, -0.2) is 4.98 Å². The molecule has 0 unspecified atom stereocenters. The molecule has 0 aliphatic carbocycles. The van der Waals surface area contributed by atoms with Crippen LogP contribution in [0.5, 0.6) is 17.2 Å². The Bertz CT molecular complexity index is 1170. The van der Waals surface area contributed by atoms with E-state index in [1.165, 1.54) is 11.1 Å². The predicted molar refractivity (Wildman–Crippen MR) is 139 cm³/mol. The second-order valence-corrected chi connectivity index (χ2v) is 8.66. The molecule has 0 aliphatic heterocycles. The highest BCUT2D eigenvalue weighted by atomic mass is 16.5. The molecular formula is C30H34N2O3. The maximum absolute atomic E-state index is 5.90. The van der Waals surface area contributed by atoms with E-state index in [0.717, 1.165) is 61.2 Å². The Labute approximate surface area is 208 Å². The first-order valence-corrected chi connectivity index (χ1v) is 12.3. The summed E-state index contributed by atoms with van der Waals surface area (Å²) in [4.78, 5) is 6.86. The number of benzene rings is 3. The molecule has 0 N–H and O–H groups in total. The summed E-state index contributed by atoms with van der Waals surface area (Å²) in [6, 6.07) is 26.7. The van der Waals surface area contributed by atoms with Crippen LogP contribution in [0, 0.1) is 13.8 Å². The SMILES string of the molecule is CCN(CCc1ccc(OCCc2nc(C)oc2C)cc1)Cc1ccc(Oc2ccccc2)cc1. The van der Waals surface area contributed by atoms with Crippen LogP contribution in [0.1, 0.15) is 35.4 Å². The molecule has 0 bridgehead atoms. The molecule has 0 saturated heterocycles. The molecule has 5 heteroatoms. The summed E-state index contributed by atoms with van der Waals surface area (Å²) in [5.41, 5.74) is 3.57. The van der Waals surface area contributed by atoms with E-state index < -0.39 is 0 Å². The molecular weight excluding hydrogens is 436 g/mol. The molecule has 4 rings (SSSR count). The number of oxazole rings is 1. The molecule has 0 amide bonds. The van der Waals surface area contributed by atoms with Crippen molar-refractivity contribution in [2.24, 2.45) is 0 Å². The minimum Gasteiger partial charge on any atom is -0.493 e. The zero-order chi connectivity index (χ0) is 24.5. The Kier molecular flexibility index (Phi) is 8.58. The van der Waals surface area contributed by atoms with Gasteiger partial charge in [-0.1, -0.05) is 49.4 Å². The predicted octanol–water partition coefficient (Wildman–Crippen LogP) is 6.77. The number of nitrogens with zero attached hydrogens (tertiary/aromatic N) is 2. The van der Waals surface area contributed by atoms with Crippen molar-refractivity contribution in [3.63, 3.8) is 0 Å². The van der Waals surface area contributed by atoms with E-state index >= 15 is 0 Å². The summed E-state index contributed by atoms with van der Waals surface area (Å²) in [7, 11) is 0. The van der Waals surface area contributed by atoms with Gasteiger partial charge in [0.15, 0.2) is 5.89 Å². The summed E-state index contributed by atoms with van der Waals surface area (Å²) >= 11 is 0. The number of aromatic nitrogens is 1. The van der Waals surface area contributed by atoms with E-state index in [4.69, 9.17) is 13.9 Å². The number of aryl methyl sites for hydroxylation is 2. The molecule has 182 valence electrons. The van der Waals surface area contributed by atoms with Crippen molar-refractivity contribution >= 4 is 0 Å². The van der Waals surface area contributed by atoms with E-state index in [-0.39, 0.29) is 0 Å². The molecule has 1 aromatic heterocycles. The average molecular weight is 471 g/mol. The Balaban J connectivity index is 1.21. The third-order valence-electron chi connectivity index (χ3n) is 6.00. The summed E-state index contributed by atoms with van der Waals surface area (Å²) in [6.07, 6.45) is 1.75. The third-order valence-corrected chi connectivity index (χ3v) is 6.00. The van der Waals surface area contributed by atoms with Crippen LogP contribution in [0.3, 0.4) is 0 Å². The minimum absolute atomic E-state index is 0.588. The fourth-order valence-corrected chi connectivity index (χ4v) is 4.00. The van der Waals surface area contributed by atoms with Crippen molar-refractivity contribution < 1.29 is 13.9 Å². The first-order chi connectivity index (χ1) is 17.1. The van der Waals surface area contributed by atoms with Crippen LogP contribution in [0.15, 0.2) is 83.3 Å². The van der Waals surface area contributed by atoms with E-state index in [1.54, 1.807) is 0 Å². The smallest absolute Gasteiger partial charge is 0.191 e. The molecule has 0 radical (unpaired) electrons. The van der Waals surface area contributed by atoms with Gasteiger partial charge in [0.2, 0.25) is 0 Å².